The molecule has 2 amide bonds. The average molecular weight is 340 g/mol. The summed E-state index contributed by atoms with van der Waals surface area (Å²) in [5.41, 5.74) is 1.47. The molecule has 0 bridgehead atoms. The summed E-state index contributed by atoms with van der Waals surface area (Å²) in [5, 5.41) is 5.69. The molecule has 0 heterocycles. The molecule has 132 valence electrons. The monoisotopic (exact) mass is 340 g/mol. The van der Waals surface area contributed by atoms with E-state index in [0.29, 0.717) is 12.1 Å². The van der Waals surface area contributed by atoms with Crippen LogP contribution in [0, 0.1) is 5.92 Å². The predicted molar refractivity (Wildman–Crippen MR) is 97.4 cm³/mol. The van der Waals surface area contributed by atoms with Crippen LogP contribution in [0.4, 0.5) is 0 Å². The lowest BCUT2D eigenvalue weighted by Gasteiger charge is -2.22. The summed E-state index contributed by atoms with van der Waals surface area (Å²) in [6, 6.07) is 15.8. The maximum absolute atomic E-state index is 12.5. The number of methoxy groups -OCH3 is 1. The number of nitrogens with one attached hydrogen (secondary N) is 2. The van der Waals surface area contributed by atoms with Crippen molar-refractivity contribution in [1.29, 1.82) is 0 Å². The summed E-state index contributed by atoms with van der Waals surface area (Å²) in [4.78, 5) is 24.8. The molecule has 5 nitrogen and oxygen atoms in total. The van der Waals surface area contributed by atoms with E-state index in [2.05, 4.69) is 10.6 Å². The molecule has 25 heavy (non-hydrogen) atoms. The van der Waals surface area contributed by atoms with Gasteiger partial charge in [-0.1, -0.05) is 44.2 Å². The van der Waals surface area contributed by atoms with Gasteiger partial charge in [-0.05, 0) is 35.7 Å². The van der Waals surface area contributed by atoms with Crippen LogP contribution in [-0.4, -0.2) is 25.0 Å². The third-order valence-electron chi connectivity index (χ3n) is 3.87. The Bertz CT molecular complexity index is 714. The zero-order chi connectivity index (χ0) is 18.2. The maximum atomic E-state index is 12.5. The van der Waals surface area contributed by atoms with E-state index >= 15 is 0 Å². The Balaban J connectivity index is 1.99. The first-order valence-electron chi connectivity index (χ1n) is 8.28. The van der Waals surface area contributed by atoms with Gasteiger partial charge >= 0.3 is 0 Å². The molecular formula is C20H24N2O3. The predicted octanol–water partition coefficient (Wildman–Crippen LogP) is 2.77. The van der Waals surface area contributed by atoms with E-state index in [0.717, 1.165) is 11.3 Å². The zero-order valence-corrected chi connectivity index (χ0v) is 14.8. The molecule has 0 radical (unpaired) electrons. The fourth-order valence-corrected chi connectivity index (χ4v) is 2.43. The first-order chi connectivity index (χ1) is 12.0. The summed E-state index contributed by atoms with van der Waals surface area (Å²) in [6.07, 6.45) is 0. The molecule has 0 saturated heterocycles. The van der Waals surface area contributed by atoms with Crippen molar-refractivity contribution >= 4 is 11.8 Å². The van der Waals surface area contributed by atoms with E-state index in [1.165, 1.54) is 0 Å². The van der Waals surface area contributed by atoms with Crippen molar-refractivity contribution in [2.75, 3.05) is 7.11 Å². The van der Waals surface area contributed by atoms with Gasteiger partial charge < -0.3 is 15.4 Å². The third kappa shape index (κ3) is 5.35. The summed E-state index contributed by atoms with van der Waals surface area (Å²) < 4.78 is 5.18. The van der Waals surface area contributed by atoms with Crippen molar-refractivity contribution in [2.24, 2.45) is 5.92 Å². The third-order valence-corrected chi connectivity index (χ3v) is 3.87. The molecule has 2 aromatic carbocycles. The van der Waals surface area contributed by atoms with E-state index in [4.69, 9.17) is 4.74 Å². The largest absolute Gasteiger partial charge is 0.497 e. The second-order valence-electron chi connectivity index (χ2n) is 6.13. The van der Waals surface area contributed by atoms with E-state index in [1.807, 2.05) is 44.2 Å². The van der Waals surface area contributed by atoms with E-state index in [1.54, 1.807) is 31.4 Å². The minimum atomic E-state index is -0.599. The Morgan fingerprint density at radius 3 is 2.40 bits per heavy atom. The second-order valence-corrected chi connectivity index (χ2v) is 6.13. The van der Waals surface area contributed by atoms with E-state index in [-0.39, 0.29) is 17.7 Å². The Labute approximate surface area is 148 Å². The van der Waals surface area contributed by atoms with Gasteiger partial charge in [-0.2, -0.15) is 0 Å². The van der Waals surface area contributed by atoms with Gasteiger partial charge in [0.15, 0.2) is 0 Å². The molecule has 1 unspecified atom stereocenters. The van der Waals surface area contributed by atoms with Crippen molar-refractivity contribution in [1.82, 2.24) is 10.6 Å². The van der Waals surface area contributed by atoms with Crippen molar-refractivity contribution in [2.45, 2.75) is 26.4 Å². The molecule has 2 N–H and O–H groups in total. The minimum absolute atomic E-state index is 0.0297. The lowest BCUT2D eigenvalue weighted by molar-refractivity contribution is -0.124. The van der Waals surface area contributed by atoms with Crippen molar-refractivity contribution in [3.63, 3.8) is 0 Å². The van der Waals surface area contributed by atoms with Gasteiger partial charge in [-0.15, -0.1) is 0 Å². The normalized spacial score (nSPS) is 11.7. The Hall–Kier alpha value is -2.82. The van der Waals surface area contributed by atoms with Gasteiger partial charge in [0, 0.05) is 12.1 Å². The highest BCUT2D eigenvalue weighted by Gasteiger charge is 2.24. The van der Waals surface area contributed by atoms with Crippen molar-refractivity contribution in [3.8, 4) is 5.75 Å². The van der Waals surface area contributed by atoms with Crippen LogP contribution in [0.1, 0.15) is 29.8 Å². The van der Waals surface area contributed by atoms with E-state index in [9.17, 15) is 9.59 Å². The van der Waals surface area contributed by atoms with Crippen molar-refractivity contribution in [3.05, 3.63) is 65.7 Å². The van der Waals surface area contributed by atoms with Crippen LogP contribution in [0.5, 0.6) is 5.75 Å². The van der Waals surface area contributed by atoms with Gasteiger partial charge in [0.25, 0.3) is 5.91 Å². The molecule has 0 spiro atoms. The fourth-order valence-electron chi connectivity index (χ4n) is 2.43. The number of carbonyl (C=O) groups is 2. The summed E-state index contributed by atoms with van der Waals surface area (Å²) in [7, 11) is 1.60. The molecule has 2 aromatic rings. The van der Waals surface area contributed by atoms with E-state index < -0.39 is 6.04 Å². The molecule has 0 aliphatic rings. The minimum Gasteiger partial charge on any atom is -0.497 e. The Kier molecular flexibility index (Phi) is 6.57. The molecule has 1 atom stereocenters. The first kappa shape index (κ1) is 18.5. The molecule has 2 rings (SSSR count). The van der Waals surface area contributed by atoms with Crippen LogP contribution in [0.15, 0.2) is 54.6 Å². The molecule has 0 saturated carbocycles. The lowest BCUT2D eigenvalue weighted by atomic mass is 10.0. The van der Waals surface area contributed by atoms with Crippen LogP contribution in [0.2, 0.25) is 0 Å². The van der Waals surface area contributed by atoms with Gasteiger partial charge in [-0.25, -0.2) is 0 Å². The van der Waals surface area contributed by atoms with Gasteiger partial charge in [-0.3, -0.25) is 9.59 Å². The quantitative estimate of drug-likeness (QED) is 0.814. The topological polar surface area (TPSA) is 67.4 Å². The Morgan fingerprint density at radius 1 is 1.04 bits per heavy atom. The highest BCUT2D eigenvalue weighted by Crippen LogP contribution is 2.12. The molecule has 0 aromatic heterocycles. The van der Waals surface area contributed by atoms with Gasteiger partial charge in [0.1, 0.15) is 11.8 Å². The average Bonchev–Trinajstić information content (AvgIpc) is 2.64. The summed E-state index contributed by atoms with van der Waals surface area (Å²) >= 11 is 0. The number of carbonyl (C=O) groups excluding carboxylic acids is 2. The first-order valence-corrected chi connectivity index (χ1v) is 8.28. The van der Waals surface area contributed by atoms with Crippen LogP contribution < -0.4 is 15.4 Å². The highest BCUT2D eigenvalue weighted by molar-refractivity contribution is 5.97. The number of hydrogen-bond acceptors (Lipinski definition) is 3. The van der Waals surface area contributed by atoms with Crippen LogP contribution in [0.3, 0.4) is 0 Å². The number of rotatable bonds is 7. The molecule has 0 fully saturated rings. The summed E-state index contributed by atoms with van der Waals surface area (Å²) in [5.74, 6) is 0.250. The van der Waals surface area contributed by atoms with Crippen LogP contribution in [0.25, 0.3) is 0 Å². The van der Waals surface area contributed by atoms with Crippen molar-refractivity contribution < 1.29 is 14.3 Å². The second kappa shape index (κ2) is 8.87. The zero-order valence-electron chi connectivity index (χ0n) is 14.8. The SMILES string of the molecule is COc1cccc(CNC(=O)C(NC(=O)c2ccccc2)C(C)C)c1. The number of amides is 2. The fraction of sp³-hybridized carbons (Fsp3) is 0.300. The standard InChI is InChI=1S/C20H24N2O3/c1-14(2)18(22-19(23)16-9-5-4-6-10-16)20(24)21-13-15-8-7-11-17(12-15)25-3/h4-12,14,18H,13H2,1-3H3,(H,21,24)(H,22,23). The maximum Gasteiger partial charge on any atom is 0.251 e. The number of ether oxygens (including phenoxy) is 1. The molecule has 0 aliphatic heterocycles. The number of hydrogen-bond donors (Lipinski definition) is 2. The van der Waals surface area contributed by atoms with Gasteiger partial charge in [0.05, 0.1) is 7.11 Å². The number of benzene rings is 2. The highest BCUT2D eigenvalue weighted by atomic mass is 16.5. The smallest absolute Gasteiger partial charge is 0.251 e. The molecule has 0 aliphatic carbocycles. The Morgan fingerprint density at radius 2 is 1.76 bits per heavy atom. The molecular weight excluding hydrogens is 316 g/mol. The van der Waals surface area contributed by atoms with Crippen LogP contribution >= 0.6 is 0 Å². The van der Waals surface area contributed by atoms with Gasteiger partial charge in [0.2, 0.25) is 5.91 Å². The summed E-state index contributed by atoms with van der Waals surface area (Å²) in [6.45, 7) is 4.18. The lowest BCUT2D eigenvalue weighted by Crippen LogP contribution is -2.49. The van der Waals surface area contributed by atoms with Crippen LogP contribution in [-0.2, 0) is 11.3 Å². The molecule has 5 heteroatoms.